The second-order valence-electron chi connectivity index (χ2n) is 7.11. The van der Waals surface area contributed by atoms with Gasteiger partial charge in [0, 0.05) is 23.0 Å². The molecule has 0 bridgehead atoms. The van der Waals surface area contributed by atoms with Gasteiger partial charge in [0.05, 0.1) is 0 Å². The van der Waals surface area contributed by atoms with Crippen molar-refractivity contribution < 1.29 is 0 Å². The lowest BCUT2D eigenvalue weighted by Gasteiger charge is -2.40. The number of hydrogen-bond acceptors (Lipinski definition) is 2. The summed E-state index contributed by atoms with van der Waals surface area (Å²) in [4.78, 5) is 4.24. The van der Waals surface area contributed by atoms with Crippen molar-refractivity contribution in [3.05, 3.63) is 57.2 Å². The Morgan fingerprint density at radius 1 is 1.09 bits per heavy atom. The fourth-order valence-corrected chi connectivity index (χ4v) is 5.24. The first kappa shape index (κ1) is 15.7. The van der Waals surface area contributed by atoms with E-state index in [1.165, 1.54) is 55.8 Å². The highest BCUT2D eigenvalue weighted by Crippen LogP contribution is 2.51. The van der Waals surface area contributed by atoms with Gasteiger partial charge in [-0.1, -0.05) is 29.8 Å². The summed E-state index contributed by atoms with van der Waals surface area (Å²) in [6.07, 6.45) is 5.29. The van der Waals surface area contributed by atoms with E-state index in [-0.39, 0.29) is 0 Å². The SMILES string of the molecule is Clc1ccc(C2CC3CN(CCCCc4cccs4)CC32)cc1. The van der Waals surface area contributed by atoms with Crippen LogP contribution in [0.25, 0.3) is 0 Å². The Balaban J connectivity index is 1.23. The molecule has 0 spiro atoms. The summed E-state index contributed by atoms with van der Waals surface area (Å²) in [5.41, 5.74) is 1.50. The minimum atomic E-state index is 0.772. The number of benzene rings is 1. The van der Waals surface area contributed by atoms with E-state index in [9.17, 15) is 0 Å². The molecule has 0 N–H and O–H groups in total. The lowest BCUT2D eigenvalue weighted by Crippen LogP contribution is -2.33. The van der Waals surface area contributed by atoms with E-state index in [0.29, 0.717) is 0 Å². The van der Waals surface area contributed by atoms with Crippen LogP contribution in [0.1, 0.15) is 35.6 Å². The van der Waals surface area contributed by atoms with Gasteiger partial charge in [-0.3, -0.25) is 0 Å². The molecule has 0 amide bonds. The number of likely N-dealkylation sites (tertiary alicyclic amines) is 1. The van der Waals surface area contributed by atoms with Crippen LogP contribution in [0.15, 0.2) is 41.8 Å². The molecule has 3 heteroatoms. The second-order valence-corrected chi connectivity index (χ2v) is 8.58. The molecular weight excluding hydrogens is 322 g/mol. The summed E-state index contributed by atoms with van der Waals surface area (Å²) in [6.45, 7) is 3.91. The molecule has 122 valence electrons. The zero-order chi connectivity index (χ0) is 15.6. The molecular formula is C20H24ClNS. The van der Waals surface area contributed by atoms with Gasteiger partial charge in [-0.05, 0) is 79.1 Å². The van der Waals surface area contributed by atoms with Gasteiger partial charge in [0.15, 0.2) is 0 Å². The number of thiophene rings is 1. The van der Waals surface area contributed by atoms with Crippen molar-refractivity contribution in [2.45, 2.75) is 31.6 Å². The first-order valence-electron chi connectivity index (χ1n) is 8.80. The highest BCUT2D eigenvalue weighted by Gasteiger charge is 2.46. The van der Waals surface area contributed by atoms with E-state index in [4.69, 9.17) is 11.6 Å². The first-order chi connectivity index (χ1) is 11.3. The fourth-order valence-electron chi connectivity index (χ4n) is 4.36. The van der Waals surface area contributed by atoms with Gasteiger partial charge in [-0.15, -0.1) is 11.3 Å². The number of nitrogens with zero attached hydrogens (tertiary/aromatic N) is 1. The molecule has 23 heavy (non-hydrogen) atoms. The lowest BCUT2D eigenvalue weighted by atomic mass is 9.64. The smallest absolute Gasteiger partial charge is 0.0406 e. The van der Waals surface area contributed by atoms with E-state index in [1.807, 2.05) is 23.5 Å². The van der Waals surface area contributed by atoms with Gasteiger partial charge in [0.2, 0.25) is 0 Å². The molecule has 1 nitrogen and oxygen atoms in total. The zero-order valence-electron chi connectivity index (χ0n) is 13.5. The van der Waals surface area contributed by atoms with Gasteiger partial charge in [0.1, 0.15) is 0 Å². The maximum absolute atomic E-state index is 6.01. The van der Waals surface area contributed by atoms with Crippen molar-refractivity contribution in [2.24, 2.45) is 11.8 Å². The van der Waals surface area contributed by atoms with Crippen LogP contribution < -0.4 is 0 Å². The predicted molar refractivity (Wildman–Crippen MR) is 99.5 cm³/mol. The molecule has 1 saturated carbocycles. The largest absolute Gasteiger partial charge is 0.303 e. The van der Waals surface area contributed by atoms with Crippen LogP contribution in [0, 0.1) is 11.8 Å². The summed E-state index contributed by atoms with van der Waals surface area (Å²) in [5.74, 6) is 2.59. The normalized spacial score (nSPS) is 26.9. The third kappa shape index (κ3) is 3.50. The molecule has 1 aromatic heterocycles. The monoisotopic (exact) mass is 345 g/mol. The van der Waals surface area contributed by atoms with Crippen molar-refractivity contribution >= 4 is 22.9 Å². The van der Waals surface area contributed by atoms with E-state index in [2.05, 4.69) is 34.5 Å². The maximum Gasteiger partial charge on any atom is 0.0406 e. The molecule has 1 saturated heterocycles. The minimum absolute atomic E-state index is 0.772. The molecule has 2 heterocycles. The average Bonchev–Trinajstić information content (AvgIpc) is 3.16. The number of hydrogen-bond donors (Lipinski definition) is 0. The Morgan fingerprint density at radius 2 is 1.96 bits per heavy atom. The quantitative estimate of drug-likeness (QED) is 0.628. The number of unbranched alkanes of at least 4 members (excludes halogenated alkanes) is 1. The summed E-state index contributed by atoms with van der Waals surface area (Å²) in [6, 6.07) is 13.0. The first-order valence-corrected chi connectivity index (χ1v) is 10.1. The summed E-state index contributed by atoms with van der Waals surface area (Å²) < 4.78 is 0. The van der Waals surface area contributed by atoms with Crippen molar-refractivity contribution in [1.82, 2.24) is 4.90 Å². The van der Waals surface area contributed by atoms with Crippen LogP contribution in [-0.4, -0.2) is 24.5 Å². The molecule has 3 unspecified atom stereocenters. The van der Waals surface area contributed by atoms with Crippen LogP contribution >= 0.6 is 22.9 Å². The highest BCUT2D eigenvalue weighted by atomic mass is 35.5. The van der Waals surface area contributed by atoms with Crippen molar-refractivity contribution in [2.75, 3.05) is 19.6 Å². The standard InChI is InChI=1S/C20H24ClNS/c21-17-8-6-15(7-9-17)19-12-16-13-22(14-20(16)19)10-2-1-4-18-5-3-11-23-18/h3,5-9,11,16,19-20H,1-2,4,10,12-14H2. The molecule has 2 aliphatic rings. The topological polar surface area (TPSA) is 3.24 Å². The molecule has 2 fully saturated rings. The van der Waals surface area contributed by atoms with Gasteiger partial charge in [0.25, 0.3) is 0 Å². The molecule has 3 atom stereocenters. The fraction of sp³-hybridized carbons (Fsp3) is 0.500. The highest BCUT2D eigenvalue weighted by molar-refractivity contribution is 7.09. The molecule has 0 radical (unpaired) electrons. The maximum atomic E-state index is 6.01. The van der Waals surface area contributed by atoms with E-state index >= 15 is 0 Å². The molecule has 1 aliphatic heterocycles. The number of rotatable bonds is 6. The lowest BCUT2D eigenvalue weighted by molar-refractivity contribution is 0.191. The van der Waals surface area contributed by atoms with Crippen molar-refractivity contribution in [1.29, 1.82) is 0 Å². The molecule has 4 rings (SSSR count). The average molecular weight is 346 g/mol. The Kier molecular flexibility index (Phi) is 4.75. The summed E-state index contributed by atoms with van der Waals surface area (Å²) in [7, 11) is 0. The van der Waals surface area contributed by atoms with Gasteiger partial charge in [-0.25, -0.2) is 0 Å². The minimum Gasteiger partial charge on any atom is -0.303 e. The summed E-state index contributed by atoms with van der Waals surface area (Å²) >= 11 is 7.90. The Hall–Kier alpha value is -0.830. The van der Waals surface area contributed by atoms with Crippen molar-refractivity contribution in [3.8, 4) is 0 Å². The third-order valence-corrected chi connectivity index (χ3v) is 6.85. The molecule has 2 aromatic rings. The van der Waals surface area contributed by atoms with Crippen LogP contribution in [0.3, 0.4) is 0 Å². The van der Waals surface area contributed by atoms with E-state index < -0.39 is 0 Å². The number of halogens is 1. The van der Waals surface area contributed by atoms with E-state index in [1.54, 1.807) is 0 Å². The Bertz CT molecular complexity index is 622. The number of fused-ring (bicyclic) bond motifs is 1. The Morgan fingerprint density at radius 3 is 2.74 bits per heavy atom. The van der Waals surface area contributed by atoms with E-state index in [0.717, 1.165) is 22.8 Å². The predicted octanol–water partition coefficient (Wildman–Crippen LogP) is 5.46. The molecule has 1 aromatic carbocycles. The van der Waals surface area contributed by atoms with Crippen molar-refractivity contribution in [3.63, 3.8) is 0 Å². The third-order valence-electron chi connectivity index (χ3n) is 5.67. The molecule has 1 aliphatic carbocycles. The zero-order valence-corrected chi connectivity index (χ0v) is 15.0. The van der Waals surface area contributed by atoms with Gasteiger partial charge in [-0.2, -0.15) is 0 Å². The number of aryl methyl sites for hydroxylation is 1. The summed E-state index contributed by atoms with van der Waals surface area (Å²) in [5, 5.41) is 3.04. The van der Waals surface area contributed by atoms with Crippen LogP contribution in [-0.2, 0) is 6.42 Å². The second kappa shape index (κ2) is 6.96. The van der Waals surface area contributed by atoms with Crippen LogP contribution in [0.4, 0.5) is 0 Å². The van der Waals surface area contributed by atoms with Crippen LogP contribution in [0.5, 0.6) is 0 Å². The van der Waals surface area contributed by atoms with Gasteiger partial charge < -0.3 is 4.90 Å². The van der Waals surface area contributed by atoms with Crippen LogP contribution in [0.2, 0.25) is 5.02 Å². The Labute approximate surface area is 148 Å². The van der Waals surface area contributed by atoms with Gasteiger partial charge >= 0.3 is 0 Å².